The number of hydrogen-bond donors (Lipinski definition) is 2. The van der Waals surface area contributed by atoms with Crippen molar-refractivity contribution in [3.05, 3.63) is 72.1 Å². The molecule has 0 spiro atoms. The summed E-state index contributed by atoms with van der Waals surface area (Å²) in [4.78, 5) is 22.8. The number of aryl methyl sites for hydroxylation is 1. The average Bonchev–Trinajstić information content (AvgIpc) is 3.23. The molecule has 0 radical (unpaired) electrons. The maximum Gasteiger partial charge on any atom is 0.292 e. The topological polar surface area (TPSA) is 127 Å². The van der Waals surface area contributed by atoms with Crippen molar-refractivity contribution < 1.29 is 9.59 Å². The van der Waals surface area contributed by atoms with E-state index in [1.807, 2.05) is 60.7 Å². The molecule has 156 valence electrons. The third-order valence-corrected chi connectivity index (χ3v) is 5.05. The lowest BCUT2D eigenvalue weighted by Gasteiger charge is -2.10. The van der Waals surface area contributed by atoms with Crippen LogP contribution in [0.25, 0.3) is 39.1 Å². The molecular formula is C22H16N8O2. The van der Waals surface area contributed by atoms with Crippen LogP contribution in [-0.4, -0.2) is 42.3 Å². The van der Waals surface area contributed by atoms with Crippen LogP contribution in [0.2, 0.25) is 0 Å². The van der Waals surface area contributed by atoms with Crippen molar-refractivity contribution in [1.82, 2.24) is 40.9 Å². The number of fused-ring (bicyclic) bond motifs is 3. The van der Waals surface area contributed by atoms with Crippen LogP contribution in [0.4, 0.5) is 0 Å². The molecule has 0 aliphatic heterocycles. The third kappa shape index (κ3) is 3.10. The van der Waals surface area contributed by atoms with E-state index in [9.17, 15) is 9.59 Å². The number of rotatable bonds is 5. The highest BCUT2D eigenvalue weighted by Gasteiger charge is 2.23. The molecule has 0 aliphatic carbocycles. The standard InChI is InChI=1S/C22H16N8O2/c1-13-18(22(32)28-23-12-31)24-27-21-17-16(14-8-4-2-5-9-14)19(15-10-6-3-7-11-15)25-26-20(17)29-30(13)21/h2-12H,1H3,(H,23,31)(H,28,32). The largest absolute Gasteiger partial charge is 0.292 e. The lowest BCUT2D eigenvalue weighted by atomic mass is 9.97. The predicted molar refractivity (Wildman–Crippen MR) is 116 cm³/mol. The number of hydrogen-bond acceptors (Lipinski definition) is 7. The van der Waals surface area contributed by atoms with Gasteiger partial charge in [0.15, 0.2) is 11.3 Å². The summed E-state index contributed by atoms with van der Waals surface area (Å²) >= 11 is 0. The number of carbonyl (C=O) groups excluding carboxylic acids is 2. The Morgan fingerprint density at radius 1 is 0.906 bits per heavy atom. The van der Waals surface area contributed by atoms with Crippen molar-refractivity contribution in [2.45, 2.75) is 6.92 Å². The molecule has 0 saturated heterocycles. The van der Waals surface area contributed by atoms with Crippen LogP contribution >= 0.6 is 0 Å². The van der Waals surface area contributed by atoms with Gasteiger partial charge in [-0.1, -0.05) is 60.7 Å². The number of amides is 2. The van der Waals surface area contributed by atoms with Crippen molar-refractivity contribution >= 4 is 29.0 Å². The normalized spacial score (nSPS) is 10.9. The van der Waals surface area contributed by atoms with Crippen LogP contribution in [-0.2, 0) is 4.79 Å². The Kier molecular flexibility index (Phi) is 4.71. The molecule has 3 aromatic heterocycles. The van der Waals surface area contributed by atoms with Gasteiger partial charge >= 0.3 is 0 Å². The first-order valence-electron chi connectivity index (χ1n) is 9.72. The van der Waals surface area contributed by atoms with Gasteiger partial charge in [-0.05, 0) is 12.5 Å². The maximum absolute atomic E-state index is 12.3. The highest BCUT2D eigenvalue weighted by molar-refractivity contribution is 6.07. The van der Waals surface area contributed by atoms with Gasteiger partial charge < -0.3 is 0 Å². The number of aromatic nitrogens is 6. The van der Waals surface area contributed by atoms with E-state index in [0.717, 1.165) is 16.7 Å². The number of hydrazine groups is 1. The fraction of sp³-hybridized carbons (Fsp3) is 0.0455. The zero-order chi connectivity index (χ0) is 22.1. The van der Waals surface area contributed by atoms with Crippen molar-refractivity contribution in [2.24, 2.45) is 0 Å². The van der Waals surface area contributed by atoms with Crippen molar-refractivity contribution in [3.63, 3.8) is 0 Å². The summed E-state index contributed by atoms with van der Waals surface area (Å²) in [6.45, 7) is 1.69. The Hall–Kier alpha value is -4.73. The molecule has 2 N–H and O–H groups in total. The van der Waals surface area contributed by atoms with Crippen molar-refractivity contribution in [2.75, 3.05) is 0 Å². The Balaban J connectivity index is 1.82. The summed E-state index contributed by atoms with van der Waals surface area (Å²) < 4.78 is 1.52. The van der Waals surface area contributed by atoms with E-state index >= 15 is 0 Å². The molecule has 10 heteroatoms. The lowest BCUT2D eigenvalue weighted by Crippen LogP contribution is -2.37. The fourth-order valence-electron chi connectivity index (χ4n) is 3.60. The molecule has 0 fully saturated rings. The Labute approximate surface area is 181 Å². The number of nitrogens with one attached hydrogen (secondary N) is 2. The van der Waals surface area contributed by atoms with E-state index in [1.54, 1.807) is 6.92 Å². The van der Waals surface area contributed by atoms with Crippen LogP contribution in [0.1, 0.15) is 16.2 Å². The number of benzene rings is 2. The Morgan fingerprint density at radius 3 is 2.28 bits per heavy atom. The molecule has 5 rings (SSSR count). The molecule has 10 nitrogen and oxygen atoms in total. The highest BCUT2D eigenvalue weighted by Crippen LogP contribution is 2.37. The summed E-state index contributed by atoms with van der Waals surface area (Å²) in [6, 6.07) is 19.6. The Morgan fingerprint density at radius 2 is 1.59 bits per heavy atom. The average molecular weight is 424 g/mol. The second-order valence-corrected chi connectivity index (χ2v) is 6.94. The SMILES string of the molecule is Cc1c(C(=O)NNC=O)nnc2c3c(-c4ccccc4)c(-c4ccccc4)nnc3nn12. The monoisotopic (exact) mass is 424 g/mol. The zero-order valence-electron chi connectivity index (χ0n) is 16.9. The van der Waals surface area contributed by atoms with Crippen LogP contribution in [0, 0.1) is 6.92 Å². The molecule has 0 unspecified atom stereocenters. The van der Waals surface area contributed by atoms with Gasteiger partial charge in [-0.15, -0.1) is 25.5 Å². The molecule has 3 heterocycles. The summed E-state index contributed by atoms with van der Waals surface area (Å²) in [5, 5.41) is 22.4. The minimum Gasteiger partial charge on any atom is -0.277 e. The predicted octanol–water partition coefficient (Wildman–Crippen LogP) is 2.10. The van der Waals surface area contributed by atoms with E-state index < -0.39 is 5.91 Å². The molecular weight excluding hydrogens is 408 g/mol. The molecule has 0 saturated carbocycles. The molecule has 0 atom stereocenters. The van der Waals surface area contributed by atoms with Gasteiger partial charge in [0.25, 0.3) is 5.91 Å². The van der Waals surface area contributed by atoms with Crippen LogP contribution in [0.15, 0.2) is 60.7 Å². The van der Waals surface area contributed by atoms with Crippen LogP contribution in [0.5, 0.6) is 0 Å². The highest BCUT2D eigenvalue weighted by atomic mass is 16.2. The van der Waals surface area contributed by atoms with E-state index in [2.05, 4.69) is 36.3 Å². The van der Waals surface area contributed by atoms with E-state index in [0.29, 0.717) is 34.5 Å². The van der Waals surface area contributed by atoms with Gasteiger partial charge in [0.1, 0.15) is 5.69 Å². The quantitative estimate of drug-likeness (QED) is 0.327. The van der Waals surface area contributed by atoms with Crippen molar-refractivity contribution in [1.29, 1.82) is 0 Å². The minimum absolute atomic E-state index is 0.0251. The van der Waals surface area contributed by atoms with E-state index in [4.69, 9.17) is 0 Å². The second kappa shape index (κ2) is 7.84. The zero-order valence-corrected chi connectivity index (χ0v) is 16.9. The summed E-state index contributed by atoms with van der Waals surface area (Å²) in [7, 11) is 0. The van der Waals surface area contributed by atoms with Crippen LogP contribution < -0.4 is 10.9 Å². The number of carbonyl (C=O) groups is 2. The smallest absolute Gasteiger partial charge is 0.277 e. The molecule has 0 bridgehead atoms. The number of nitrogens with zero attached hydrogens (tertiary/aromatic N) is 6. The molecule has 32 heavy (non-hydrogen) atoms. The molecule has 5 aromatic rings. The maximum atomic E-state index is 12.3. The van der Waals surface area contributed by atoms with Gasteiger partial charge in [0.05, 0.1) is 11.1 Å². The lowest BCUT2D eigenvalue weighted by molar-refractivity contribution is -0.110. The van der Waals surface area contributed by atoms with Gasteiger partial charge in [-0.2, -0.15) is 0 Å². The molecule has 2 amide bonds. The van der Waals surface area contributed by atoms with E-state index in [-0.39, 0.29) is 5.69 Å². The first-order valence-corrected chi connectivity index (χ1v) is 9.72. The first-order chi connectivity index (χ1) is 15.7. The summed E-state index contributed by atoms with van der Waals surface area (Å²) in [5.41, 5.74) is 8.97. The second-order valence-electron chi connectivity index (χ2n) is 6.94. The summed E-state index contributed by atoms with van der Waals surface area (Å²) in [5.74, 6) is -0.608. The minimum atomic E-state index is -0.608. The first kappa shape index (κ1) is 19.2. The van der Waals surface area contributed by atoms with E-state index in [1.165, 1.54) is 4.52 Å². The van der Waals surface area contributed by atoms with Gasteiger partial charge in [-0.3, -0.25) is 20.4 Å². The third-order valence-electron chi connectivity index (χ3n) is 5.05. The van der Waals surface area contributed by atoms with Gasteiger partial charge in [-0.25, -0.2) is 4.52 Å². The van der Waals surface area contributed by atoms with Crippen LogP contribution in [0.3, 0.4) is 0 Å². The fourth-order valence-corrected chi connectivity index (χ4v) is 3.60. The molecule has 0 aliphatic rings. The van der Waals surface area contributed by atoms with Gasteiger partial charge in [0, 0.05) is 11.1 Å². The molecule has 2 aromatic carbocycles. The Bertz CT molecular complexity index is 1470. The van der Waals surface area contributed by atoms with Crippen molar-refractivity contribution in [3.8, 4) is 22.4 Å². The van der Waals surface area contributed by atoms with Gasteiger partial charge in [0.2, 0.25) is 12.1 Å². The summed E-state index contributed by atoms with van der Waals surface area (Å²) in [6.07, 6.45) is 0.355.